The number of fused-ring (bicyclic) bond motifs is 2. The average Bonchev–Trinajstić information content (AvgIpc) is 1.59. The van der Waals surface area contributed by atoms with Crippen molar-refractivity contribution in [1.82, 2.24) is 21.3 Å². The molecule has 0 bridgehead atoms. The third-order valence-corrected chi connectivity index (χ3v) is 20.0. The molecule has 1 aliphatic carbocycles. The van der Waals surface area contributed by atoms with Gasteiger partial charge in [0.2, 0.25) is 17.5 Å². The Hall–Kier alpha value is -7.93. The zero-order chi connectivity index (χ0) is 72.4. The number of anilines is 1. The molecule has 6 rings (SSSR count). The van der Waals surface area contributed by atoms with Gasteiger partial charge in [-0.2, -0.15) is 38.2 Å². The summed E-state index contributed by atoms with van der Waals surface area (Å²) in [7, 11) is -18.0. The number of carbonyl (C=O) groups excluding carboxylic acids is 3. The van der Waals surface area contributed by atoms with Gasteiger partial charge in [0.1, 0.15) is 36.7 Å². The molecule has 0 saturated heterocycles. The van der Waals surface area contributed by atoms with E-state index in [-0.39, 0.29) is 98.1 Å². The number of nitrogens with zero attached hydrogens (tertiary/aromatic N) is 2. The van der Waals surface area contributed by atoms with Crippen molar-refractivity contribution in [2.24, 2.45) is 0 Å². The van der Waals surface area contributed by atoms with Crippen molar-refractivity contribution in [3.63, 3.8) is 0 Å². The molecule has 3 aliphatic rings. The first-order valence-corrected chi connectivity index (χ1v) is 37.4. The summed E-state index contributed by atoms with van der Waals surface area (Å²) in [6.45, 7) is 8.66. The third-order valence-electron chi connectivity index (χ3n) is 16.6. The number of urea groups is 1. The topological polar surface area (TPSA) is 463 Å². The number of carbonyl (C=O) groups is 6. The number of carboxylic acid groups (broad SMARTS) is 3. The van der Waals surface area contributed by atoms with E-state index in [0.29, 0.717) is 103 Å². The van der Waals surface area contributed by atoms with E-state index in [1.807, 2.05) is 56.9 Å². The van der Waals surface area contributed by atoms with E-state index in [1.54, 1.807) is 12.1 Å². The molecule has 98 heavy (non-hydrogen) atoms. The minimum Gasteiger partial charge on any atom is -0.481 e. The van der Waals surface area contributed by atoms with Gasteiger partial charge < -0.3 is 55.7 Å². The molecule has 3 aromatic carbocycles. The predicted molar refractivity (Wildman–Crippen MR) is 356 cm³/mol. The van der Waals surface area contributed by atoms with Crippen LogP contribution in [0.1, 0.15) is 129 Å². The Kier molecular flexibility index (Phi) is 28.0. The minimum absolute atomic E-state index is 0.0477. The van der Waals surface area contributed by atoms with Crippen LogP contribution in [0.25, 0.3) is 0 Å². The highest BCUT2D eigenvalue weighted by molar-refractivity contribution is 7.86. The van der Waals surface area contributed by atoms with Gasteiger partial charge in [-0.3, -0.25) is 32.6 Å². The number of unbranched alkanes of at least 4 members (excludes halogenated alkanes) is 4. The Bertz CT molecular complexity index is 4090. The van der Waals surface area contributed by atoms with Gasteiger partial charge in [0.25, 0.3) is 40.5 Å². The number of amides is 4. The van der Waals surface area contributed by atoms with Crippen molar-refractivity contribution in [2.45, 2.75) is 155 Å². The first-order valence-electron chi connectivity index (χ1n) is 31.5. The Balaban J connectivity index is 1.08. The van der Waals surface area contributed by atoms with Crippen LogP contribution in [-0.2, 0) is 84.7 Å². The fourth-order valence-electron chi connectivity index (χ4n) is 11.5. The van der Waals surface area contributed by atoms with Crippen LogP contribution in [0.4, 0.5) is 16.2 Å². The van der Waals surface area contributed by atoms with E-state index in [9.17, 15) is 90.9 Å². The number of carboxylic acids is 3. The number of allylic oxidation sites excluding steroid dienone is 7. The van der Waals surface area contributed by atoms with Crippen LogP contribution < -0.4 is 30.9 Å². The smallest absolute Gasteiger partial charge is 0.326 e. The monoisotopic (exact) mass is 1450 g/mol. The fourth-order valence-corrected chi connectivity index (χ4v) is 13.6. The molecule has 538 valence electrons. The lowest BCUT2D eigenvalue weighted by molar-refractivity contribution is -0.438. The summed E-state index contributed by atoms with van der Waals surface area (Å²) in [6.07, 6.45) is 11.0. The third kappa shape index (κ3) is 23.1. The summed E-state index contributed by atoms with van der Waals surface area (Å²) in [5, 5.41) is 37.2. The second-order valence-corrected chi connectivity index (χ2v) is 30.4. The standard InChI is InChI=1S/C64H84N6O24S4/c1-63(2)48-39-46(97(86,87)88)23-26-52(48)69(33-9-5-6-16-56(71)66-32-35-92-36-37-93-41-57(72)65-31-8-7-15-50(60(75)76)67-62(79)68-51(61(77)78)25-30-58(73)74)54(63)28-17-42-13-12-14-43(59(42)94-44-19-21-45(22-20-44)96(83,84)85)18-29-55-64(3,4)49-40-47(98(89,90)91)24-27-53(49)70(55)34-10-11-38-95(80,81)82/h17-24,26-29,39-40,50-51H,5-16,25,30-38,41H2,1-4H3,(H10-,65,66,67,68,71,72,73,74,75,76,77,78,79,80,81,82,83,84,85,86,87,88,89,90,91)/p+1/t50-,51?/m0/s1. The average molecular weight is 1450 g/mol. The van der Waals surface area contributed by atoms with E-state index in [4.69, 9.17) is 19.3 Å². The maximum atomic E-state index is 12.9. The fraction of sp³-hybridized carbons (Fsp3) is 0.484. The number of ether oxygens (including phenoxy) is 3. The maximum Gasteiger partial charge on any atom is 0.326 e. The first kappa shape index (κ1) is 79.1. The number of rotatable bonds is 39. The number of hydrogen-bond donors (Lipinski definition) is 11. The highest BCUT2D eigenvalue weighted by atomic mass is 32.2. The number of benzene rings is 3. The van der Waals surface area contributed by atoms with Crippen molar-refractivity contribution in [3.8, 4) is 5.75 Å². The van der Waals surface area contributed by atoms with Crippen LogP contribution in [0.5, 0.6) is 5.75 Å². The molecule has 1 unspecified atom stereocenters. The highest BCUT2D eigenvalue weighted by Gasteiger charge is 2.45. The highest BCUT2D eigenvalue weighted by Crippen LogP contribution is 2.49. The molecule has 30 nitrogen and oxygen atoms in total. The molecule has 4 amide bonds. The molecule has 0 radical (unpaired) electrons. The van der Waals surface area contributed by atoms with Crippen LogP contribution in [0.2, 0.25) is 0 Å². The van der Waals surface area contributed by atoms with E-state index in [2.05, 4.69) is 25.8 Å². The number of hydrogen-bond acceptors (Lipinski definition) is 18. The van der Waals surface area contributed by atoms with Crippen LogP contribution in [0.15, 0.2) is 122 Å². The molecule has 11 N–H and O–H groups in total. The van der Waals surface area contributed by atoms with E-state index in [0.717, 1.165) is 5.71 Å². The summed E-state index contributed by atoms with van der Waals surface area (Å²) >= 11 is 0. The van der Waals surface area contributed by atoms with Gasteiger partial charge in [0.05, 0.1) is 45.7 Å². The molecule has 34 heteroatoms. The first-order chi connectivity index (χ1) is 45.9. The lowest BCUT2D eigenvalue weighted by atomic mass is 9.81. The molecule has 0 saturated carbocycles. The summed E-state index contributed by atoms with van der Waals surface area (Å²) in [6, 6.07) is 9.75. The lowest BCUT2D eigenvalue weighted by Crippen LogP contribution is -2.51. The van der Waals surface area contributed by atoms with Crippen LogP contribution >= 0.6 is 0 Å². The largest absolute Gasteiger partial charge is 0.481 e. The maximum absolute atomic E-state index is 12.9. The van der Waals surface area contributed by atoms with E-state index in [1.165, 1.54) is 48.5 Å². The minimum atomic E-state index is -4.61. The van der Waals surface area contributed by atoms with E-state index < -0.39 is 112 Å². The SMILES string of the molecule is CC1(C)C(/C=C/C2=C(Oc3ccc(S(=O)(=O)O)cc3)C(=C/C=C3/N(CCCCS(=O)(=O)O)c4ccc(S(=O)(=O)O)cc4C3(C)C)/CCC2)=[N+](CCCCCC(=O)NCCOCCOCC(=O)NCCCC[C@H](NC(=O)NC(CCC(=O)O)C(=O)O)C(=O)O)c2ccc(S(=O)(=O)O)cc21. The lowest BCUT2D eigenvalue weighted by Gasteiger charge is -2.27. The van der Waals surface area contributed by atoms with Gasteiger partial charge in [-0.1, -0.05) is 19.9 Å². The van der Waals surface area contributed by atoms with E-state index >= 15 is 0 Å². The summed E-state index contributed by atoms with van der Waals surface area (Å²) in [4.78, 5) is 72.1. The van der Waals surface area contributed by atoms with Gasteiger partial charge >= 0.3 is 23.9 Å². The van der Waals surface area contributed by atoms with Gasteiger partial charge in [0.15, 0.2) is 5.71 Å². The second-order valence-electron chi connectivity index (χ2n) is 24.6. The van der Waals surface area contributed by atoms with Gasteiger partial charge in [-0.25, -0.2) is 14.4 Å². The molecule has 3 aromatic rings. The van der Waals surface area contributed by atoms with Crippen LogP contribution in [0, 0.1) is 0 Å². The summed E-state index contributed by atoms with van der Waals surface area (Å²) in [5.74, 6) is -4.65. The number of nitrogens with one attached hydrogen (secondary N) is 4. The van der Waals surface area contributed by atoms with Gasteiger partial charge in [-0.05, 0) is 168 Å². The molecular formula is C64H85N6O24S4+. The zero-order valence-corrected chi connectivity index (χ0v) is 57.9. The molecule has 0 aromatic heterocycles. The van der Waals surface area contributed by atoms with Gasteiger partial charge in [-0.15, -0.1) is 0 Å². The van der Waals surface area contributed by atoms with Crippen molar-refractivity contribution in [1.29, 1.82) is 0 Å². The van der Waals surface area contributed by atoms with Crippen LogP contribution in [-0.4, -0.2) is 184 Å². The Labute approximate surface area is 569 Å². The molecule has 2 atom stereocenters. The Morgan fingerprint density at radius 2 is 1.22 bits per heavy atom. The molecule has 0 spiro atoms. The molecular weight excluding hydrogens is 1360 g/mol. The summed E-state index contributed by atoms with van der Waals surface area (Å²) < 4.78 is 156. The molecule has 0 fully saturated rings. The summed E-state index contributed by atoms with van der Waals surface area (Å²) in [5.41, 5.74) is 3.54. The van der Waals surface area contributed by atoms with Gasteiger partial charge in [0, 0.05) is 73.4 Å². The zero-order valence-electron chi connectivity index (χ0n) is 54.6. The van der Waals surface area contributed by atoms with Crippen molar-refractivity contribution >= 4 is 93.3 Å². The second kappa shape index (κ2) is 34.7. The van der Waals surface area contributed by atoms with Crippen molar-refractivity contribution in [3.05, 3.63) is 119 Å². The molecule has 2 aliphatic heterocycles. The Morgan fingerprint density at radius 3 is 1.86 bits per heavy atom. The van der Waals surface area contributed by atoms with Crippen molar-refractivity contribution in [2.75, 3.05) is 63.3 Å². The van der Waals surface area contributed by atoms with Crippen LogP contribution in [0.3, 0.4) is 0 Å². The van der Waals surface area contributed by atoms with Crippen molar-refractivity contribution < 1.29 is 115 Å². The molecule has 2 heterocycles. The Morgan fingerprint density at radius 1 is 0.612 bits per heavy atom. The normalized spacial score (nSPS) is 16.8. The number of aliphatic carboxylic acids is 3. The quantitative estimate of drug-likeness (QED) is 0.0171. The predicted octanol–water partition coefficient (Wildman–Crippen LogP) is 6.22.